The molecule has 10 saturated carbocycles. The van der Waals surface area contributed by atoms with Crippen molar-refractivity contribution in [3.05, 3.63) is 24.3 Å². The van der Waals surface area contributed by atoms with Crippen LogP contribution in [0.4, 0.5) is 0 Å². The maximum atomic E-state index is 11.3. The molecule has 0 aromatic carbocycles. The summed E-state index contributed by atoms with van der Waals surface area (Å²) in [5.41, 5.74) is 3.05. The predicted octanol–water partition coefficient (Wildman–Crippen LogP) is -7.10. The summed E-state index contributed by atoms with van der Waals surface area (Å²) in [4.78, 5) is 4.94. The lowest BCUT2D eigenvalue weighted by Crippen LogP contribution is -2.82. The van der Waals surface area contributed by atoms with Crippen molar-refractivity contribution < 1.29 is 124 Å². The van der Waals surface area contributed by atoms with Gasteiger partial charge in [-0.25, -0.2) is 0 Å². The Kier molecular flexibility index (Phi) is 28.2. The van der Waals surface area contributed by atoms with Crippen molar-refractivity contribution in [2.75, 3.05) is 39.4 Å². The highest BCUT2D eigenvalue weighted by Gasteiger charge is 2.80. The number of ether oxygens (including phenoxy) is 2. The summed E-state index contributed by atoms with van der Waals surface area (Å²) in [6.07, 6.45) is 16.9. The first-order valence-corrected chi connectivity index (χ1v) is 23.8. The molecule has 34 N–H and O–H groups in total. The number of piperidine rings is 2. The molecule has 0 amide bonds. The molecule has 18 atom stereocenters. The number of nitrogens with zero attached hydrogens (tertiary/aromatic N) is 2. The zero-order valence-electron chi connectivity index (χ0n) is 41.1. The van der Waals surface area contributed by atoms with E-state index in [0.717, 1.165) is 74.8 Å². The van der Waals surface area contributed by atoms with Gasteiger partial charge in [-0.05, 0) is 135 Å². The molecule has 16 fully saturated rings. The van der Waals surface area contributed by atoms with E-state index in [0.29, 0.717) is 34.5 Å². The third-order valence-corrected chi connectivity index (χ3v) is 20.1. The van der Waals surface area contributed by atoms with Gasteiger partial charge in [0.25, 0.3) is 0 Å². The Morgan fingerprint density at radius 3 is 1.13 bits per heavy atom. The van der Waals surface area contributed by atoms with Crippen LogP contribution in [-0.2, 0) is 19.9 Å². The molecule has 4 spiro atoms. The van der Waals surface area contributed by atoms with E-state index < -0.39 is 10.4 Å². The van der Waals surface area contributed by atoms with Gasteiger partial charge in [0.05, 0.1) is 37.6 Å². The van der Waals surface area contributed by atoms with E-state index in [1.54, 1.807) is 0 Å². The molecule has 27 heteroatoms. The van der Waals surface area contributed by atoms with E-state index in [-0.39, 0.29) is 148 Å². The lowest BCUT2D eigenvalue weighted by molar-refractivity contribution is -0.405. The summed E-state index contributed by atoms with van der Waals surface area (Å²) < 4.78 is 45.3. The first-order chi connectivity index (χ1) is 26.9. The van der Waals surface area contributed by atoms with Crippen molar-refractivity contribution in [3.63, 3.8) is 0 Å². The van der Waals surface area contributed by atoms with Crippen LogP contribution in [0.15, 0.2) is 24.3 Å². The van der Waals surface area contributed by atoms with Crippen LogP contribution in [-0.4, -0.2) is 201 Å². The lowest BCUT2D eigenvalue weighted by Gasteiger charge is -2.79. The second kappa shape index (κ2) is 25.5. The zero-order valence-corrected chi connectivity index (χ0v) is 41.9. The molecule has 432 valence electrons. The zero-order chi connectivity index (χ0) is 40.3. The van der Waals surface area contributed by atoms with Gasteiger partial charge in [-0.1, -0.05) is 39.8 Å². The number of fused-ring (bicyclic) bond motifs is 4. The minimum atomic E-state index is -4.67. The maximum absolute atomic E-state index is 11.3. The molecule has 26 nitrogen and oxygen atoms in total. The Balaban J connectivity index is -0.000000316. The van der Waals surface area contributed by atoms with Crippen LogP contribution in [0, 0.1) is 68.0 Å². The normalized spacial score (nSPS) is 44.9. The van der Waals surface area contributed by atoms with Crippen LogP contribution >= 0.6 is 0 Å². The van der Waals surface area contributed by atoms with E-state index >= 15 is 0 Å². The van der Waals surface area contributed by atoms with E-state index in [2.05, 4.69) is 36.8 Å². The molecule has 6 heterocycles. The van der Waals surface area contributed by atoms with Crippen LogP contribution in [0.1, 0.15) is 104 Å². The minimum absolute atomic E-state index is 0. The lowest BCUT2D eigenvalue weighted by atomic mass is 9.32. The first kappa shape index (κ1) is 78.4. The average Bonchev–Trinajstić information content (AvgIpc) is 3.16. The van der Waals surface area contributed by atoms with Crippen molar-refractivity contribution in [1.82, 2.24) is 9.80 Å². The van der Waals surface area contributed by atoms with Gasteiger partial charge >= 0.3 is 10.4 Å². The van der Waals surface area contributed by atoms with Crippen LogP contribution < -0.4 is 0 Å². The molecule has 71 heavy (non-hydrogen) atoms. The largest absolute Gasteiger partial charge is 0.412 e. The Morgan fingerprint density at radius 1 is 0.521 bits per heavy atom. The summed E-state index contributed by atoms with van der Waals surface area (Å²) in [7, 11) is -4.67. The smallest absolute Gasteiger partial charge is 0.394 e. The predicted molar refractivity (Wildman–Crippen MR) is 261 cm³/mol. The van der Waals surface area contributed by atoms with Gasteiger partial charge in [-0.3, -0.25) is 18.9 Å². The second-order valence-electron chi connectivity index (χ2n) is 21.8. The van der Waals surface area contributed by atoms with Crippen molar-refractivity contribution in [2.45, 2.75) is 141 Å². The van der Waals surface area contributed by atoms with Gasteiger partial charge in [0.15, 0.2) is 0 Å². The highest BCUT2D eigenvalue weighted by Crippen LogP contribution is 2.80. The van der Waals surface area contributed by atoms with E-state index in [4.69, 9.17) is 27.0 Å². The number of likely N-dealkylation sites (tertiary alicyclic amines) is 2. The highest BCUT2D eigenvalue weighted by molar-refractivity contribution is 7.79. The molecule has 16 rings (SSSR count). The third kappa shape index (κ3) is 9.94. The van der Waals surface area contributed by atoms with Crippen molar-refractivity contribution >= 4 is 10.4 Å². The Morgan fingerprint density at radius 2 is 0.831 bits per heavy atom. The number of rotatable bonds is 4. The molecular formula is C44H96N2O24S. The molecule has 0 radical (unpaired) electrons. The molecule has 16 aliphatic rings. The number of hydrogen-bond donors (Lipinski definition) is 6. The van der Waals surface area contributed by atoms with Gasteiger partial charge in [-0.15, -0.1) is 0 Å². The summed E-state index contributed by atoms with van der Waals surface area (Å²) >= 11 is 0. The van der Waals surface area contributed by atoms with Crippen LogP contribution in [0.5, 0.6) is 0 Å². The average molecular weight is 1070 g/mol. The number of aliphatic hydroxyl groups excluding tert-OH is 4. The molecule has 0 unspecified atom stereocenters. The van der Waals surface area contributed by atoms with Crippen LogP contribution in [0.25, 0.3) is 0 Å². The minimum Gasteiger partial charge on any atom is -0.412 e. The summed E-state index contributed by atoms with van der Waals surface area (Å²) in [5, 5.41) is 42.1. The maximum Gasteiger partial charge on any atom is 0.394 e. The fourth-order valence-corrected chi connectivity index (χ4v) is 18.6. The Bertz CT molecular complexity index is 1710. The summed E-state index contributed by atoms with van der Waals surface area (Å²) in [6.45, 7) is 17.6. The molecule has 0 aromatic heterocycles. The summed E-state index contributed by atoms with van der Waals surface area (Å²) in [5.74, 6) is 3.59. The Hall–Kier alpha value is -1.53. The standard InChI is InChI=1S/2C22H33NO3.H2O4S.14H2O/c2*1-13-14-4-7-22(18(13)25)16(10-14)21-6-3-5-20(2)12-23(8-9-24)19(21)26-17(22)11-15(20)21;1-5(2,3)4;;;;;;;;;;;;;;/h2*14-19,24-25H,1,3-12H2,2H3;(H2,1,2,3,4);14*1H2/t2*14-,15+,16-,17+,18+,19+,20-,21-,22+;;;;;;;;;;;;;;;/m00.............../s1. The fourth-order valence-electron chi connectivity index (χ4n) is 18.6. The van der Waals surface area contributed by atoms with E-state index in [1.807, 2.05) is 0 Å². The molecule has 10 aliphatic carbocycles. The topological polar surface area (TPSA) is 621 Å². The molecular weight excluding hydrogens is 973 g/mol. The quantitative estimate of drug-likeness (QED) is 0.113. The van der Waals surface area contributed by atoms with Gasteiger partial charge in [0.1, 0.15) is 12.5 Å². The Labute approximate surface area is 415 Å². The van der Waals surface area contributed by atoms with Crippen molar-refractivity contribution in [2.24, 2.45) is 68.0 Å². The number of hydrogen-bond acceptors (Lipinski definition) is 10. The van der Waals surface area contributed by atoms with Gasteiger partial charge < -0.3 is 107 Å². The number of β-amino-alcohol motifs (C(OH)–C–C–N with tert-alkyl or cyclic N) is 2. The van der Waals surface area contributed by atoms with Crippen LogP contribution in [0.2, 0.25) is 0 Å². The monoisotopic (exact) mass is 1070 g/mol. The van der Waals surface area contributed by atoms with Crippen molar-refractivity contribution in [3.8, 4) is 0 Å². The SMILES string of the molecule is C=C1[C@H]2CC[C@]3([C@@H](C2)[C@@]24CCC[C@@]5(C)CN(CCO)[C@@H]2O[C@@H]3C[C@H]54)[C@@H]1O.C=C1[C@H]2CC[C@]3([C@@H](C2)[C@@]24CCC[C@@]5(C)CN(CCO)[C@@H]2O[C@@H]3C[C@H]54)[C@@H]1O.O.O.O.O.O.O.O.O.O.O.O.O.O.O.O=S(=O)(O)O. The first-order valence-electron chi connectivity index (χ1n) is 22.4. The van der Waals surface area contributed by atoms with Gasteiger partial charge in [0, 0.05) is 47.8 Å². The van der Waals surface area contributed by atoms with E-state index in [1.165, 1.54) is 64.2 Å². The molecule has 6 saturated heterocycles. The third-order valence-electron chi connectivity index (χ3n) is 20.1. The molecule has 14 bridgehead atoms. The second-order valence-corrected chi connectivity index (χ2v) is 22.7. The van der Waals surface area contributed by atoms with Gasteiger partial charge in [-0.2, -0.15) is 8.42 Å². The highest BCUT2D eigenvalue weighted by atomic mass is 32.3. The fraction of sp³-hybridized carbons (Fsp3) is 0.909. The summed E-state index contributed by atoms with van der Waals surface area (Å²) in [6, 6.07) is 0. The van der Waals surface area contributed by atoms with E-state index in [9.17, 15) is 20.4 Å². The van der Waals surface area contributed by atoms with Crippen molar-refractivity contribution in [1.29, 1.82) is 0 Å². The number of aliphatic hydroxyl groups is 4. The molecule has 0 aromatic rings. The van der Waals surface area contributed by atoms with Gasteiger partial charge in [0.2, 0.25) is 0 Å². The van der Waals surface area contributed by atoms with Crippen LogP contribution in [0.3, 0.4) is 0 Å². The molecule has 6 aliphatic heterocycles.